The third-order valence-corrected chi connectivity index (χ3v) is 4.15. The maximum absolute atomic E-state index is 6.03. The second kappa shape index (κ2) is 6.09. The zero-order valence-electron chi connectivity index (χ0n) is 10.9. The van der Waals surface area contributed by atoms with Crippen molar-refractivity contribution in [2.24, 2.45) is 0 Å². The molecule has 1 aromatic rings. The number of hydrogen-bond acceptors (Lipinski definition) is 3. The lowest BCUT2D eigenvalue weighted by Gasteiger charge is -2.36. The molecule has 18 heavy (non-hydrogen) atoms. The summed E-state index contributed by atoms with van der Waals surface area (Å²) in [5.41, 5.74) is 0.769. The van der Waals surface area contributed by atoms with Gasteiger partial charge < -0.3 is 9.80 Å². The summed E-state index contributed by atoms with van der Waals surface area (Å²) in [4.78, 5) is 9.15. The number of aromatic nitrogens is 1. The van der Waals surface area contributed by atoms with Crippen LogP contribution in [0.15, 0.2) is 12.1 Å². The van der Waals surface area contributed by atoms with Crippen LogP contribution in [0.3, 0.4) is 0 Å². The zero-order chi connectivity index (χ0) is 13.1. The van der Waals surface area contributed by atoms with E-state index >= 15 is 0 Å². The second-order valence-electron chi connectivity index (χ2n) is 4.91. The average molecular weight is 288 g/mol. The van der Waals surface area contributed by atoms with Crippen LogP contribution in [-0.4, -0.2) is 43.1 Å². The molecule has 0 bridgehead atoms. The lowest BCUT2D eigenvalue weighted by atomic mass is 10.0. The minimum atomic E-state index is 0.362. The Labute approximate surface area is 119 Å². The maximum atomic E-state index is 6.03. The fraction of sp³-hybridized carbons (Fsp3) is 0.615. The predicted molar refractivity (Wildman–Crippen MR) is 77.7 cm³/mol. The molecule has 1 aromatic heterocycles. The molecule has 0 N–H and O–H groups in total. The molecule has 1 aliphatic heterocycles. The predicted octanol–water partition coefficient (Wildman–Crippen LogP) is 3.00. The van der Waals surface area contributed by atoms with Crippen LogP contribution in [0.2, 0.25) is 5.02 Å². The number of alkyl halides is 1. The highest BCUT2D eigenvalue weighted by molar-refractivity contribution is 6.32. The van der Waals surface area contributed by atoms with Gasteiger partial charge in [-0.15, -0.1) is 11.6 Å². The highest BCUT2D eigenvalue weighted by Gasteiger charge is 2.21. The molecule has 1 aliphatic rings. The Bertz CT molecular complexity index is 401. The molecule has 1 fully saturated rings. The normalized spacial score (nSPS) is 17.5. The first-order valence-electron chi connectivity index (χ1n) is 6.24. The quantitative estimate of drug-likeness (QED) is 0.797. The Kier molecular flexibility index (Phi) is 4.71. The highest BCUT2D eigenvalue weighted by atomic mass is 35.5. The molecule has 2 heterocycles. The summed E-state index contributed by atoms with van der Waals surface area (Å²) in [6.07, 6.45) is 2.35. The van der Waals surface area contributed by atoms with Crippen molar-refractivity contribution >= 4 is 29.0 Å². The van der Waals surface area contributed by atoms with Crippen LogP contribution in [0, 0.1) is 0 Å². The third-order valence-electron chi connectivity index (χ3n) is 3.55. The van der Waals surface area contributed by atoms with E-state index in [9.17, 15) is 0 Å². The van der Waals surface area contributed by atoms with E-state index in [1.54, 1.807) is 0 Å². The largest absolute Gasteiger partial charge is 0.356 e. The first kappa shape index (κ1) is 13.9. The fourth-order valence-corrected chi connectivity index (χ4v) is 2.80. The third kappa shape index (κ3) is 3.08. The maximum Gasteiger partial charge on any atom is 0.128 e. The van der Waals surface area contributed by atoms with Gasteiger partial charge in [0.15, 0.2) is 0 Å². The number of hydrogen-bond donors (Lipinski definition) is 0. The number of halogens is 2. The monoisotopic (exact) mass is 287 g/mol. The molecule has 2 rings (SSSR count). The Hall–Kier alpha value is -0.510. The van der Waals surface area contributed by atoms with Gasteiger partial charge in [0.1, 0.15) is 5.82 Å². The van der Waals surface area contributed by atoms with Gasteiger partial charge in [0.05, 0.1) is 16.6 Å². The molecular weight excluding hydrogens is 269 g/mol. The van der Waals surface area contributed by atoms with Crippen LogP contribution in [0.5, 0.6) is 0 Å². The summed E-state index contributed by atoms with van der Waals surface area (Å²) >= 11 is 11.9. The summed E-state index contributed by atoms with van der Waals surface area (Å²) in [5, 5.41) is 0.650. The van der Waals surface area contributed by atoms with Crippen LogP contribution in [-0.2, 0) is 5.88 Å². The lowest BCUT2D eigenvalue weighted by Crippen LogP contribution is -2.42. The Morgan fingerprint density at radius 3 is 2.56 bits per heavy atom. The van der Waals surface area contributed by atoms with Crippen LogP contribution in [0.4, 0.5) is 5.82 Å². The van der Waals surface area contributed by atoms with Crippen molar-refractivity contribution in [1.82, 2.24) is 9.88 Å². The van der Waals surface area contributed by atoms with Gasteiger partial charge in [-0.2, -0.15) is 0 Å². The number of nitrogens with zero attached hydrogens (tertiary/aromatic N) is 3. The minimum Gasteiger partial charge on any atom is -0.356 e. The van der Waals surface area contributed by atoms with Crippen molar-refractivity contribution in [3.63, 3.8) is 0 Å². The summed E-state index contributed by atoms with van der Waals surface area (Å²) in [7, 11) is 4.29. The van der Waals surface area contributed by atoms with Gasteiger partial charge in [0, 0.05) is 19.1 Å². The Morgan fingerprint density at radius 2 is 2.00 bits per heavy atom. The molecule has 3 nitrogen and oxygen atoms in total. The standard InChI is InChI=1S/C13H19Cl2N3/c1-17(2)10-5-7-18(8-6-10)13-4-3-11(15)12(9-14)16-13/h3-4,10H,5-9H2,1-2H3. The van der Waals surface area contributed by atoms with Crippen molar-refractivity contribution < 1.29 is 0 Å². The number of rotatable bonds is 3. The Morgan fingerprint density at radius 1 is 1.33 bits per heavy atom. The van der Waals surface area contributed by atoms with Crippen molar-refractivity contribution in [1.29, 1.82) is 0 Å². The van der Waals surface area contributed by atoms with Gasteiger partial charge in [-0.3, -0.25) is 0 Å². The first-order chi connectivity index (χ1) is 8.61. The number of anilines is 1. The van der Waals surface area contributed by atoms with Gasteiger partial charge in [-0.05, 0) is 39.1 Å². The summed E-state index contributed by atoms with van der Waals surface area (Å²) in [5.74, 6) is 1.35. The molecule has 0 unspecified atom stereocenters. The molecule has 0 spiro atoms. The Balaban J connectivity index is 2.05. The van der Waals surface area contributed by atoms with Crippen LogP contribution in [0.1, 0.15) is 18.5 Å². The van der Waals surface area contributed by atoms with E-state index in [1.807, 2.05) is 12.1 Å². The van der Waals surface area contributed by atoms with Gasteiger partial charge in [-0.1, -0.05) is 11.6 Å². The van der Waals surface area contributed by atoms with E-state index in [0.29, 0.717) is 16.9 Å². The van der Waals surface area contributed by atoms with Crippen molar-refractivity contribution in [2.45, 2.75) is 24.8 Å². The second-order valence-corrected chi connectivity index (χ2v) is 5.59. The molecule has 1 saturated heterocycles. The van der Waals surface area contributed by atoms with Crippen molar-refractivity contribution in [2.75, 3.05) is 32.1 Å². The van der Waals surface area contributed by atoms with Gasteiger partial charge >= 0.3 is 0 Å². The molecule has 0 radical (unpaired) electrons. The van der Waals surface area contributed by atoms with Gasteiger partial charge in [-0.25, -0.2) is 4.98 Å². The van der Waals surface area contributed by atoms with Crippen LogP contribution >= 0.6 is 23.2 Å². The van der Waals surface area contributed by atoms with E-state index in [2.05, 4.69) is 28.9 Å². The SMILES string of the molecule is CN(C)C1CCN(c2ccc(Cl)c(CCl)n2)CC1. The van der Waals surface area contributed by atoms with Crippen LogP contribution in [0.25, 0.3) is 0 Å². The number of pyridine rings is 1. The van der Waals surface area contributed by atoms with E-state index < -0.39 is 0 Å². The smallest absolute Gasteiger partial charge is 0.128 e. The molecule has 0 aliphatic carbocycles. The average Bonchev–Trinajstić information content (AvgIpc) is 2.39. The fourth-order valence-electron chi connectivity index (χ4n) is 2.35. The molecule has 0 atom stereocenters. The van der Waals surface area contributed by atoms with E-state index in [1.165, 1.54) is 12.8 Å². The van der Waals surface area contributed by atoms with Crippen LogP contribution < -0.4 is 4.90 Å². The molecule has 100 valence electrons. The first-order valence-corrected chi connectivity index (χ1v) is 7.16. The lowest BCUT2D eigenvalue weighted by molar-refractivity contribution is 0.249. The van der Waals surface area contributed by atoms with Gasteiger partial charge in [0.2, 0.25) is 0 Å². The van der Waals surface area contributed by atoms with Crippen molar-refractivity contribution in [3.8, 4) is 0 Å². The molecular formula is C13H19Cl2N3. The summed E-state index contributed by atoms with van der Waals surface area (Å²) in [6.45, 7) is 2.08. The topological polar surface area (TPSA) is 19.4 Å². The minimum absolute atomic E-state index is 0.362. The molecule has 0 amide bonds. The van der Waals surface area contributed by atoms with E-state index in [0.717, 1.165) is 24.6 Å². The molecule has 5 heteroatoms. The van der Waals surface area contributed by atoms with Gasteiger partial charge in [0.25, 0.3) is 0 Å². The zero-order valence-corrected chi connectivity index (χ0v) is 12.4. The highest BCUT2D eigenvalue weighted by Crippen LogP contribution is 2.24. The molecule has 0 saturated carbocycles. The van der Waals surface area contributed by atoms with Crippen molar-refractivity contribution in [3.05, 3.63) is 22.8 Å². The van der Waals surface area contributed by atoms with E-state index in [-0.39, 0.29) is 0 Å². The van der Waals surface area contributed by atoms with E-state index in [4.69, 9.17) is 23.2 Å². The summed E-state index contributed by atoms with van der Waals surface area (Å²) in [6, 6.07) is 4.55. The summed E-state index contributed by atoms with van der Waals surface area (Å²) < 4.78 is 0. The molecule has 0 aromatic carbocycles. The number of piperidine rings is 1.